The number of ether oxygens (including phenoxy) is 1. The molecule has 94 valence electrons. The quantitative estimate of drug-likeness (QED) is 0.808. The fourth-order valence-electron chi connectivity index (χ4n) is 1.55. The van der Waals surface area contributed by atoms with E-state index in [4.69, 9.17) is 9.84 Å². The minimum Gasteiger partial charge on any atom is -0.477 e. The zero-order valence-electron chi connectivity index (χ0n) is 10.4. The minimum atomic E-state index is -0.992. The molecular formula is C12H18N2O3. The van der Waals surface area contributed by atoms with Crippen LogP contribution in [0.4, 0.5) is 0 Å². The Morgan fingerprint density at radius 1 is 1.65 bits per heavy atom. The van der Waals surface area contributed by atoms with Crippen LogP contribution in [-0.4, -0.2) is 47.8 Å². The van der Waals surface area contributed by atoms with Gasteiger partial charge in [-0.15, -0.1) is 0 Å². The van der Waals surface area contributed by atoms with Crippen LogP contribution in [-0.2, 0) is 11.3 Å². The SMILES string of the molecule is COCC(C)N(C)Cc1cccnc1C(=O)O. The van der Waals surface area contributed by atoms with Gasteiger partial charge in [0, 0.05) is 25.9 Å². The molecule has 0 radical (unpaired) electrons. The smallest absolute Gasteiger partial charge is 0.354 e. The summed E-state index contributed by atoms with van der Waals surface area (Å²) < 4.78 is 5.07. The van der Waals surface area contributed by atoms with Gasteiger partial charge in [-0.2, -0.15) is 0 Å². The summed E-state index contributed by atoms with van der Waals surface area (Å²) in [6, 6.07) is 3.75. The molecule has 0 aromatic carbocycles. The summed E-state index contributed by atoms with van der Waals surface area (Å²) in [7, 11) is 3.58. The molecule has 0 saturated carbocycles. The number of pyridine rings is 1. The average Bonchev–Trinajstić information content (AvgIpc) is 2.29. The predicted molar refractivity (Wildman–Crippen MR) is 64.0 cm³/mol. The van der Waals surface area contributed by atoms with Crippen molar-refractivity contribution in [3.05, 3.63) is 29.6 Å². The van der Waals surface area contributed by atoms with E-state index in [2.05, 4.69) is 4.98 Å². The number of carbonyl (C=O) groups is 1. The molecule has 1 heterocycles. The van der Waals surface area contributed by atoms with Gasteiger partial charge in [0.1, 0.15) is 0 Å². The minimum absolute atomic E-state index is 0.115. The molecule has 1 unspecified atom stereocenters. The van der Waals surface area contributed by atoms with Gasteiger partial charge >= 0.3 is 5.97 Å². The monoisotopic (exact) mass is 238 g/mol. The van der Waals surface area contributed by atoms with Crippen LogP contribution < -0.4 is 0 Å². The van der Waals surface area contributed by atoms with Crippen LogP contribution in [0.1, 0.15) is 23.0 Å². The molecule has 5 heteroatoms. The van der Waals surface area contributed by atoms with Crippen molar-refractivity contribution in [2.75, 3.05) is 20.8 Å². The van der Waals surface area contributed by atoms with Gasteiger partial charge in [0.2, 0.25) is 0 Å². The number of nitrogens with zero attached hydrogens (tertiary/aromatic N) is 2. The second kappa shape index (κ2) is 6.32. The number of carboxylic acid groups (broad SMARTS) is 1. The van der Waals surface area contributed by atoms with Gasteiger partial charge in [0.05, 0.1) is 6.61 Å². The molecule has 5 nitrogen and oxygen atoms in total. The van der Waals surface area contributed by atoms with Gasteiger partial charge in [-0.1, -0.05) is 6.07 Å². The normalized spacial score (nSPS) is 12.7. The van der Waals surface area contributed by atoms with Crippen LogP contribution in [0, 0.1) is 0 Å². The van der Waals surface area contributed by atoms with Crippen molar-refractivity contribution in [2.24, 2.45) is 0 Å². The summed E-state index contributed by atoms with van der Waals surface area (Å²) in [5, 5.41) is 9.01. The van der Waals surface area contributed by atoms with Crippen molar-refractivity contribution in [3.63, 3.8) is 0 Å². The van der Waals surface area contributed by atoms with Crippen LogP contribution in [0.2, 0.25) is 0 Å². The van der Waals surface area contributed by atoms with E-state index in [1.807, 2.05) is 18.9 Å². The molecule has 1 rings (SSSR count). The first-order valence-electron chi connectivity index (χ1n) is 5.42. The fraction of sp³-hybridized carbons (Fsp3) is 0.500. The van der Waals surface area contributed by atoms with E-state index in [9.17, 15) is 4.79 Å². The van der Waals surface area contributed by atoms with Crippen LogP contribution in [0.15, 0.2) is 18.3 Å². The lowest BCUT2D eigenvalue weighted by atomic mass is 10.1. The fourth-order valence-corrected chi connectivity index (χ4v) is 1.55. The summed E-state index contributed by atoms with van der Waals surface area (Å²) in [6.45, 7) is 3.18. The lowest BCUT2D eigenvalue weighted by molar-refractivity contribution is 0.0686. The van der Waals surface area contributed by atoms with Gasteiger partial charge in [0.15, 0.2) is 5.69 Å². The van der Waals surface area contributed by atoms with E-state index in [1.54, 1.807) is 19.2 Å². The van der Waals surface area contributed by atoms with Gasteiger partial charge in [0.25, 0.3) is 0 Å². The molecule has 0 aliphatic rings. The van der Waals surface area contributed by atoms with Crippen molar-refractivity contribution in [1.29, 1.82) is 0 Å². The maximum Gasteiger partial charge on any atom is 0.354 e. The van der Waals surface area contributed by atoms with Gasteiger partial charge in [-0.05, 0) is 25.6 Å². The largest absolute Gasteiger partial charge is 0.477 e. The molecule has 1 N–H and O–H groups in total. The number of hydrogen-bond acceptors (Lipinski definition) is 4. The molecule has 0 bridgehead atoms. The Hall–Kier alpha value is -1.46. The van der Waals surface area contributed by atoms with Crippen molar-refractivity contribution in [3.8, 4) is 0 Å². The lowest BCUT2D eigenvalue weighted by Gasteiger charge is -2.24. The maximum atomic E-state index is 11.0. The highest BCUT2D eigenvalue weighted by Gasteiger charge is 2.15. The van der Waals surface area contributed by atoms with E-state index in [0.29, 0.717) is 18.7 Å². The van der Waals surface area contributed by atoms with Crippen molar-refractivity contribution in [1.82, 2.24) is 9.88 Å². The summed E-state index contributed by atoms with van der Waals surface area (Å²) in [6.07, 6.45) is 1.49. The Morgan fingerprint density at radius 2 is 2.35 bits per heavy atom. The van der Waals surface area contributed by atoms with E-state index >= 15 is 0 Å². The lowest BCUT2D eigenvalue weighted by Crippen LogP contribution is -2.32. The Kier molecular flexibility index (Phi) is 5.06. The topological polar surface area (TPSA) is 62.7 Å². The third kappa shape index (κ3) is 3.80. The highest BCUT2D eigenvalue weighted by molar-refractivity contribution is 5.86. The zero-order chi connectivity index (χ0) is 12.8. The number of hydrogen-bond donors (Lipinski definition) is 1. The molecule has 1 atom stereocenters. The second-order valence-corrected chi connectivity index (χ2v) is 4.04. The van der Waals surface area contributed by atoms with Gasteiger partial charge < -0.3 is 9.84 Å². The van der Waals surface area contributed by atoms with E-state index in [-0.39, 0.29) is 11.7 Å². The van der Waals surface area contributed by atoms with Crippen molar-refractivity contribution >= 4 is 5.97 Å². The number of aromatic carboxylic acids is 1. The van der Waals surface area contributed by atoms with Crippen LogP contribution >= 0.6 is 0 Å². The standard InChI is InChI=1S/C12H18N2O3/c1-9(8-17-3)14(2)7-10-5-4-6-13-11(10)12(15)16/h4-6,9H,7-8H2,1-3H3,(H,15,16). The molecule has 1 aromatic heterocycles. The predicted octanol–water partition coefficient (Wildman–Crippen LogP) is 1.25. The molecule has 0 saturated heterocycles. The van der Waals surface area contributed by atoms with Crippen LogP contribution in [0.5, 0.6) is 0 Å². The molecule has 17 heavy (non-hydrogen) atoms. The molecule has 0 fully saturated rings. The highest BCUT2D eigenvalue weighted by Crippen LogP contribution is 2.10. The Labute approximate surface area is 101 Å². The number of carboxylic acids is 1. The highest BCUT2D eigenvalue weighted by atomic mass is 16.5. The first kappa shape index (κ1) is 13.6. The van der Waals surface area contributed by atoms with Crippen LogP contribution in [0.3, 0.4) is 0 Å². The van der Waals surface area contributed by atoms with Crippen LogP contribution in [0.25, 0.3) is 0 Å². The van der Waals surface area contributed by atoms with Crippen molar-refractivity contribution < 1.29 is 14.6 Å². The summed E-state index contributed by atoms with van der Waals surface area (Å²) in [5.41, 5.74) is 0.828. The van der Waals surface area contributed by atoms with Crippen molar-refractivity contribution in [2.45, 2.75) is 19.5 Å². The first-order chi connectivity index (χ1) is 8.06. The molecule has 0 aliphatic heterocycles. The molecular weight excluding hydrogens is 220 g/mol. The third-order valence-corrected chi connectivity index (χ3v) is 2.67. The zero-order valence-corrected chi connectivity index (χ0v) is 10.4. The average molecular weight is 238 g/mol. The van der Waals surface area contributed by atoms with E-state index in [0.717, 1.165) is 0 Å². The number of aromatic nitrogens is 1. The second-order valence-electron chi connectivity index (χ2n) is 4.04. The molecule has 1 aromatic rings. The Morgan fingerprint density at radius 3 is 2.94 bits per heavy atom. The molecule has 0 aliphatic carbocycles. The Bertz CT molecular complexity index is 382. The van der Waals surface area contributed by atoms with E-state index < -0.39 is 5.97 Å². The summed E-state index contributed by atoms with van der Waals surface area (Å²) in [5.74, 6) is -0.992. The summed E-state index contributed by atoms with van der Waals surface area (Å²) >= 11 is 0. The van der Waals surface area contributed by atoms with E-state index in [1.165, 1.54) is 6.20 Å². The first-order valence-corrected chi connectivity index (χ1v) is 5.42. The van der Waals surface area contributed by atoms with Gasteiger partial charge in [-0.25, -0.2) is 9.78 Å². The van der Waals surface area contributed by atoms with Gasteiger partial charge in [-0.3, -0.25) is 4.90 Å². The number of likely N-dealkylation sites (N-methyl/N-ethyl adjacent to an activating group) is 1. The third-order valence-electron chi connectivity index (χ3n) is 2.67. The Balaban J connectivity index is 2.77. The molecule has 0 amide bonds. The summed E-state index contributed by atoms with van der Waals surface area (Å²) in [4.78, 5) is 16.9. The number of rotatable bonds is 6. The maximum absolute atomic E-state index is 11.0. The number of methoxy groups -OCH3 is 1. The molecule has 0 spiro atoms.